The number of hydrogen-bond acceptors (Lipinski definition) is 3. The lowest BCUT2D eigenvalue weighted by Crippen LogP contribution is -2.44. The molecule has 0 saturated carbocycles. The summed E-state index contributed by atoms with van der Waals surface area (Å²) in [7, 11) is 4.13. The predicted octanol–water partition coefficient (Wildman–Crippen LogP) is -0.125. The molecule has 0 aromatic heterocycles. The molecule has 3 N–H and O–H groups in total. The van der Waals surface area contributed by atoms with Crippen molar-refractivity contribution in [3.8, 4) is 0 Å². The Hall–Kier alpha value is -0.120. The molecule has 0 aliphatic rings. The van der Waals surface area contributed by atoms with Crippen LogP contribution in [0.5, 0.6) is 0 Å². The SMILES string of the molecule is CN(C)CCNCC(C)(C)N. The molecule has 0 spiro atoms. The van der Waals surface area contributed by atoms with E-state index in [1.54, 1.807) is 0 Å². The minimum atomic E-state index is -0.0910. The molecule has 3 heteroatoms. The lowest BCUT2D eigenvalue weighted by atomic mass is 10.1. The topological polar surface area (TPSA) is 41.3 Å². The van der Waals surface area contributed by atoms with E-state index in [9.17, 15) is 0 Å². The smallest absolute Gasteiger partial charge is 0.0223 e. The van der Waals surface area contributed by atoms with Gasteiger partial charge in [-0.05, 0) is 27.9 Å². The van der Waals surface area contributed by atoms with Gasteiger partial charge in [-0.25, -0.2) is 0 Å². The summed E-state index contributed by atoms with van der Waals surface area (Å²) in [4.78, 5) is 2.15. The molecule has 0 unspecified atom stereocenters. The molecule has 0 aromatic carbocycles. The standard InChI is InChI=1S/C8H21N3/c1-8(2,9)7-10-5-6-11(3)4/h10H,5-7,9H2,1-4H3. The van der Waals surface area contributed by atoms with E-state index in [1.807, 2.05) is 13.8 Å². The van der Waals surface area contributed by atoms with Crippen LogP contribution >= 0.6 is 0 Å². The van der Waals surface area contributed by atoms with Gasteiger partial charge in [-0.2, -0.15) is 0 Å². The molecule has 0 fully saturated rings. The quantitative estimate of drug-likeness (QED) is 0.549. The zero-order valence-electron chi connectivity index (χ0n) is 8.15. The summed E-state index contributed by atoms with van der Waals surface area (Å²) in [5.74, 6) is 0. The highest BCUT2D eigenvalue weighted by atomic mass is 15.1. The van der Waals surface area contributed by atoms with E-state index in [2.05, 4.69) is 24.3 Å². The van der Waals surface area contributed by atoms with Crippen LogP contribution in [0, 0.1) is 0 Å². The van der Waals surface area contributed by atoms with Crippen molar-refractivity contribution in [3.63, 3.8) is 0 Å². The summed E-state index contributed by atoms with van der Waals surface area (Å²) in [6, 6.07) is 0. The number of nitrogens with two attached hydrogens (primary N) is 1. The van der Waals surface area contributed by atoms with Crippen molar-refractivity contribution in [3.05, 3.63) is 0 Å². The molecule has 0 rings (SSSR count). The van der Waals surface area contributed by atoms with Gasteiger partial charge >= 0.3 is 0 Å². The minimum absolute atomic E-state index is 0.0910. The number of rotatable bonds is 5. The van der Waals surface area contributed by atoms with Crippen molar-refractivity contribution in [2.75, 3.05) is 33.7 Å². The zero-order chi connectivity index (χ0) is 8.91. The second-order valence-corrected chi connectivity index (χ2v) is 3.97. The van der Waals surface area contributed by atoms with Crippen molar-refractivity contribution in [1.29, 1.82) is 0 Å². The predicted molar refractivity (Wildman–Crippen MR) is 49.7 cm³/mol. The third-order valence-electron chi connectivity index (χ3n) is 1.32. The second-order valence-electron chi connectivity index (χ2n) is 3.97. The molecule has 3 nitrogen and oxygen atoms in total. The number of likely N-dealkylation sites (N-methyl/N-ethyl adjacent to an activating group) is 1. The van der Waals surface area contributed by atoms with Gasteiger partial charge in [0.1, 0.15) is 0 Å². The average molecular weight is 159 g/mol. The van der Waals surface area contributed by atoms with Gasteiger partial charge < -0.3 is 16.0 Å². The fourth-order valence-electron chi connectivity index (χ4n) is 0.713. The molecule has 0 aliphatic heterocycles. The molecule has 11 heavy (non-hydrogen) atoms. The highest BCUT2D eigenvalue weighted by molar-refractivity contribution is 4.74. The van der Waals surface area contributed by atoms with Gasteiger partial charge in [0.05, 0.1) is 0 Å². The Morgan fingerprint density at radius 3 is 2.27 bits per heavy atom. The first kappa shape index (κ1) is 10.9. The van der Waals surface area contributed by atoms with Crippen LogP contribution in [-0.2, 0) is 0 Å². The van der Waals surface area contributed by atoms with Gasteiger partial charge in [0.25, 0.3) is 0 Å². The maximum absolute atomic E-state index is 5.78. The Labute approximate surface area is 69.9 Å². The molecule has 0 radical (unpaired) electrons. The Morgan fingerprint density at radius 2 is 1.91 bits per heavy atom. The molecule has 0 atom stereocenters. The van der Waals surface area contributed by atoms with E-state index < -0.39 is 0 Å². The average Bonchev–Trinajstić information content (AvgIpc) is 1.78. The monoisotopic (exact) mass is 159 g/mol. The zero-order valence-corrected chi connectivity index (χ0v) is 8.15. The van der Waals surface area contributed by atoms with E-state index in [1.165, 1.54) is 0 Å². The fraction of sp³-hybridized carbons (Fsp3) is 1.00. The number of nitrogens with zero attached hydrogens (tertiary/aromatic N) is 1. The van der Waals surface area contributed by atoms with Crippen LogP contribution in [0.3, 0.4) is 0 Å². The second kappa shape index (κ2) is 4.70. The summed E-state index contributed by atoms with van der Waals surface area (Å²) in [6.07, 6.45) is 0. The molecule has 0 heterocycles. The van der Waals surface area contributed by atoms with Gasteiger partial charge in [-0.15, -0.1) is 0 Å². The number of nitrogens with one attached hydrogen (secondary N) is 1. The minimum Gasteiger partial charge on any atom is -0.324 e. The van der Waals surface area contributed by atoms with E-state index in [0.717, 1.165) is 19.6 Å². The molecule has 0 aliphatic carbocycles. The molecule has 68 valence electrons. The van der Waals surface area contributed by atoms with Gasteiger partial charge in [0.15, 0.2) is 0 Å². The largest absolute Gasteiger partial charge is 0.324 e. The lowest BCUT2D eigenvalue weighted by molar-refractivity contribution is 0.383. The Kier molecular flexibility index (Phi) is 4.65. The lowest BCUT2D eigenvalue weighted by Gasteiger charge is -2.19. The number of hydrogen-bond donors (Lipinski definition) is 2. The van der Waals surface area contributed by atoms with Gasteiger partial charge in [-0.1, -0.05) is 0 Å². The molecular weight excluding hydrogens is 138 g/mol. The van der Waals surface area contributed by atoms with Gasteiger partial charge in [-0.3, -0.25) is 0 Å². The van der Waals surface area contributed by atoms with Crippen LogP contribution < -0.4 is 11.1 Å². The van der Waals surface area contributed by atoms with E-state index in [-0.39, 0.29) is 5.54 Å². The van der Waals surface area contributed by atoms with Crippen LogP contribution in [0.25, 0.3) is 0 Å². The van der Waals surface area contributed by atoms with Gasteiger partial charge in [0.2, 0.25) is 0 Å². The van der Waals surface area contributed by atoms with Crippen LogP contribution in [0.15, 0.2) is 0 Å². The van der Waals surface area contributed by atoms with Crippen molar-refractivity contribution in [1.82, 2.24) is 10.2 Å². The summed E-state index contributed by atoms with van der Waals surface area (Å²) in [5.41, 5.74) is 5.69. The van der Waals surface area contributed by atoms with Crippen LogP contribution in [-0.4, -0.2) is 44.2 Å². The summed E-state index contributed by atoms with van der Waals surface area (Å²) in [5, 5.41) is 3.29. The summed E-state index contributed by atoms with van der Waals surface area (Å²) in [6.45, 7) is 7.00. The first-order chi connectivity index (χ1) is 4.92. The normalized spacial score (nSPS) is 12.5. The maximum atomic E-state index is 5.78. The van der Waals surface area contributed by atoms with Crippen molar-refractivity contribution >= 4 is 0 Å². The van der Waals surface area contributed by atoms with Gasteiger partial charge in [0, 0.05) is 25.2 Å². The molecule has 0 saturated heterocycles. The van der Waals surface area contributed by atoms with Crippen molar-refractivity contribution in [2.45, 2.75) is 19.4 Å². The van der Waals surface area contributed by atoms with E-state index in [4.69, 9.17) is 5.73 Å². The third kappa shape index (κ3) is 9.88. The van der Waals surface area contributed by atoms with Crippen molar-refractivity contribution in [2.24, 2.45) is 5.73 Å². The van der Waals surface area contributed by atoms with Crippen LogP contribution in [0.2, 0.25) is 0 Å². The van der Waals surface area contributed by atoms with Crippen LogP contribution in [0.1, 0.15) is 13.8 Å². The van der Waals surface area contributed by atoms with Crippen LogP contribution in [0.4, 0.5) is 0 Å². The molecule has 0 aromatic rings. The van der Waals surface area contributed by atoms with E-state index >= 15 is 0 Å². The third-order valence-corrected chi connectivity index (χ3v) is 1.32. The first-order valence-electron chi connectivity index (χ1n) is 4.06. The van der Waals surface area contributed by atoms with Crippen molar-refractivity contribution < 1.29 is 0 Å². The summed E-state index contributed by atoms with van der Waals surface area (Å²) >= 11 is 0. The molecule has 0 bridgehead atoms. The fourth-order valence-corrected chi connectivity index (χ4v) is 0.713. The maximum Gasteiger partial charge on any atom is 0.0223 e. The summed E-state index contributed by atoms with van der Waals surface area (Å²) < 4.78 is 0. The highest BCUT2D eigenvalue weighted by Crippen LogP contribution is 1.91. The Balaban J connectivity index is 3.15. The molecule has 0 amide bonds. The Morgan fingerprint density at radius 1 is 1.36 bits per heavy atom. The van der Waals surface area contributed by atoms with E-state index in [0.29, 0.717) is 0 Å². The highest BCUT2D eigenvalue weighted by Gasteiger charge is 2.08. The Bertz CT molecular complexity index is 94.0. The molecular formula is C8H21N3. The first-order valence-corrected chi connectivity index (χ1v) is 4.06.